The SMILES string of the molecule is CCCCCCCNCc1c(OCC(=O)NC(C)(C)C)ccc2ccccc12. The van der Waals surface area contributed by atoms with Crippen LogP contribution in [0.15, 0.2) is 36.4 Å². The highest BCUT2D eigenvalue weighted by Crippen LogP contribution is 2.28. The number of fused-ring (bicyclic) bond motifs is 1. The Kier molecular flexibility index (Phi) is 8.78. The fourth-order valence-electron chi connectivity index (χ4n) is 3.30. The third-order valence-corrected chi connectivity index (χ3v) is 4.63. The van der Waals surface area contributed by atoms with Crippen LogP contribution in [0.25, 0.3) is 10.8 Å². The molecular formula is C24H36N2O2. The lowest BCUT2D eigenvalue weighted by Crippen LogP contribution is -2.43. The van der Waals surface area contributed by atoms with E-state index in [0.717, 1.165) is 24.4 Å². The van der Waals surface area contributed by atoms with Crippen LogP contribution >= 0.6 is 0 Å². The quantitative estimate of drug-likeness (QED) is 0.524. The average molecular weight is 385 g/mol. The van der Waals surface area contributed by atoms with Gasteiger partial charge in [-0.3, -0.25) is 4.79 Å². The fraction of sp³-hybridized carbons (Fsp3) is 0.542. The van der Waals surface area contributed by atoms with E-state index >= 15 is 0 Å². The maximum atomic E-state index is 12.1. The molecule has 1 amide bonds. The summed E-state index contributed by atoms with van der Waals surface area (Å²) in [6, 6.07) is 12.4. The second-order valence-corrected chi connectivity index (χ2v) is 8.44. The first-order valence-corrected chi connectivity index (χ1v) is 10.6. The van der Waals surface area contributed by atoms with Crippen LogP contribution in [-0.2, 0) is 11.3 Å². The number of unbranched alkanes of at least 4 members (excludes halogenated alkanes) is 4. The van der Waals surface area contributed by atoms with Crippen molar-refractivity contribution in [2.45, 2.75) is 71.9 Å². The van der Waals surface area contributed by atoms with Gasteiger partial charge < -0.3 is 15.4 Å². The number of ether oxygens (including phenoxy) is 1. The number of benzene rings is 2. The smallest absolute Gasteiger partial charge is 0.258 e. The Balaban J connectivity index is 2.01. The van der Waals surface area contributed by atoms with Crippen molar-refractivity contribution in [3.63, 3.8) is 0 Å². The molecule has 0 aliphatic heterocycles. The van der Waals surface area contributed by atoms with Gasteiger partial charge >= 0.3 is 0 Å². The number of rotatable bonds is 11. The van der Waals surface area contributed by atoms with E-state index in [2.05, 4.69) is 35.8 Å². The topological polar surface area (TPSA) is 50.4 Å². The van der Waals surface area contributed by atoms with E-state index in [1.54, 1.807) is 0 Å². The molecule has 0 saturated carbocycles. The summed E-state index contributed by atoms with van der Waals surface area (Å²) in [4.78, 5) is 12.1. The molecule has 0 aliphatic carbocycles. The van der Waals surface area contributed by atoms with Crippen molar-refractivity contribution in [2.24, 2.45) is 0 Å². The first kappa shape index (κ1) is 22.2. The first-order valence-electron chi connectivity index (χ1n) is 10.6. The van der Waals surface area contributed by atoms with Crippen LogP contribution in [0.5, 0.6) is 5.75 Å². The van der Waals surface area contributed by atoms with Crippen LogP contribution < -0.4 is 15.4 Å². The van der Waals surface area contributed by atoms with Gasteiger partial charge in [0.2, 0.25) is 0 Å². The summed E-state index contributed by atoms with van der Waals surface area (Å²) in [5.41, 5.74) is 0.863. The summed E-state index contributed by atoms with van der Waals surface area (Å²) in [5, 5.41) is 8.86. The molecule has 0 aliphatic rings. The van der Waals surface area contributed by atoms with Gasteiger partial charge in [0, 0.05) is 17.6 Å². The molecule has 4 heteroatoms. The summed E-state index contributed by atoms with van der Waals surface area (Å²) < 4.78 is 5.91. The first-order chi connectivity index (χ1) is 13.4. The van der Waals surface area contributed by atoms with Crippen LogP contribution in [0.2, 0.25) is 0 Å². The van der Waals surface area contributed by atoms with E-state index in [1.807, 2.05) is 39.0 Å². The van der Waals surface area contributed by atoms with E-state index < -0.39 is 0 Å². The number of nitrogens with one attached hydrogen (secondary N) is 2. The molecule has 0 spiro atoms. The monoisotopic (exact) mass is 384 g/mol. The van der Waals surface area contributed by atoms with Gasteiger partial charge in [0.05, 0.1) is 0 Å². The molecule has 154 valence electrons. The number of carbonyl (C=O) groups excluding carboxylic acids is 1. The van der Waals surface area contributed by atoms with Crippen molar-refractivity contribution in [1.82, 2.24) is 10.6 Å². The van der Waals surface area contributed by atoms with Gasteiger partial charge in [-0.25, -0.2) is 0 Å². The lowest BCUT2D eigenvalue weighted by molar-refractivity contribution is -0.124. The third kappa shape index (κ3) is 7.51. The van der Waals surface area contributed by atoms with Gasteiger partial charge in [-0.05, 0) is 50.6 Å². The Bertz CT molecular complexity index is 750. The van der Waals surface area contributed by atoms with Crippen molar-refractivity contribution in [2.75, 3.05) is 13.2 Å². The maximum absolute atomic E-state index is 12.1. The highest BCUT2D eigenvalue weighted by Gasteiger charge is 2.15. The van der Waals surface area contributed by atoms with Crippen LogP contribution in [0.3, 0.4) is 0 Å². The molecule has 2 rings (SSSR count). The largest absolute Gasteiger partial charge is 0.483 e. The van der Waals surface area contributed by atoms with Crippen LogP contribution in [0.1, 0.15) is 65.4 Å². The van der Waals surface area contributed by atoms with Gasteiger partial charge in [0.1, 0.15) is 5.75 Å². The van der Waals surface area contributed by atoms with Crippen LogP contribution in [0, 0.1) is 0 Å². The number of hydrogen-bond acceptors (Lipinski definition) is 3. The second-order valence-electron chi connectivity index (χ2n) is 8.44. The Labute approximate surface area is 170 Å². The zero-order valence-electron chi connectivity index (χ0n) is 17.9. The molecular weight excluding hydrogens is 348 g/mol. The molecule has 2 aromatic carbocycles. The van der Waals surface area contributed by atoms with E-state index in [0.29, 0.717) is 0 Å². The fourth-order valence-corrected chi connectivity index (χ4v) is 3.30. The molecule has 0 aromatic heterocycles. The van der Waals surface area contributed by atoms with Crippen LogP contribution in [-0.4, -0.2) is 24.6 Å². The zero-order chi connectivity index (χ0) is 20.4. The average Bonchev–Trinajstić information content (AvgIpc) is 2.64. The zero-order valence-corrected chi connectivity index (χ0v) is 17.9. The number of amides is 1. The summed E-state index contributed by atoms with van der Waals surface area (Å²) >= 11 is 0. The molecule has 0 heterocycles. The minimum absolute atomic E-state index is 0.0274. The van der Waals surface area contributed by atoms with Crippen molar-refractivity contribution in [3.8, 4) is 5.75 Å². The van der Waals surface area contributed by atoms with Gasteiger partial charge in [-0.1, -0.05) is 62.9 Å². The normalized spacial score (nSPS) is 11.6. The van der Waals surface area contributed by atoms with E-state index in [-0.39, 0.29) is 18.1 Å². The molecule has 0 unspecified atom stereocenters. The van der Waals surface area contributed by atoms with E-state index in [1.165, 1.54) is 42.9 Å². The summed E-state index contributed by atoms with van der Waals surface area (Å²) in [7, 11) is 0. The van der Waals surface area contributed by atoms with E-state index in [9.17, 15) is 4.79 Å². The number of carbonyl (C=O) groups is 1. The summed E-state index contributed by atoms with van der Waals surface area (Å²) in [6.45, 7) is 9.91. The summed E-state index contributed by atoms with van der Waals surface area (Å²) in [5.74, 6) is 0.678. The Morgan fingerprint density at radius 2 is 1.75 bits per heavy atom. The lowest BCUT2D eigenvalue weighted by Gasteiger charge is -2.21. The minimum atomic E-state index is -0.258. The van der Waals surface area contributed by atoms with Crippen molar-refractivity contribution >= 4 is 16.7 Å². The van der Waals surface area contributed by atoms with E-state index in [4.69, 9.17) is 4.74 Å². The van der Waals surface area contributed by atoms with Gasteiger partial charge in [-0.2, -0.15) is 0 Å². The van der Waals surface area contributed by atoms with Gasteiger partial charge in [-0.15, -0.1) is 0 Å². The predicted molar refractivity (Wildman–Crippen MR) is 118 cm³/mol. The van der Waals surface area contributed by atoms with Crippen LogP contribution in [0.4, 0.5) is 0 Å². The molecule has 0 bridgehead atoms. The Morgan fingerprint density at radius 1 is 1.00 bits per heavy atom. The second kappa shape index (κ2) is 11.1. The predicted octanol–water partition coefficient (Wildman–Crippen LogP) is 5.19. The molecule has 28 heavy (non-hydrogen) atoms. The molecule has 0 radical (unpaired) electrons. The highest BCUT2D eigenvalue weighted by atomic mass is 16.5. The molecule has 0 fully saturated rings. The molecule has 2 N–H and O–H groups in total. The van der Waals surface area contributed by atoms with Crippen molar-refractivity contribution < 1.29 is 9.53 Å². The molecule has 4 nitrogen and oxygen atoms in total. The van der Waals surface area contributed by atoms with Crippen molar-refractivity contribution in [1.29, 1.82) is 0 Å². The van der Waals surface area contributed by atoms with Gasteiger partial charge in [0.15, 0.2) is 6.61 Å². The van der Waals surface area contributed by atoms with Gasteiger partial charge in [0.25, 0.3) is 5.91 Å². The number of hydrogen-bond donors (Lipinski definition) is 2. The lowest BCUT2D eigenvalue weighted by atomic mass is 10.0. The maximum Gasteiger partial charge on any atom is 0.258 e. The minimum Gasteiger partial charge on any atom is -0.483 e. The molecule has 0 atom stereocenters. The molecule has 0 saturated heterocycles. The Morgan fingerprint density at radius 3 is 2.50 bits per heavy atom. The third-order valence-electron chi connectivity index (χ3n) is 4.63. The standard InChI is InChI=1S/C24H36N2O2/c1-5-6-7-8-11-16-25-17-21-20-13-10-9-12-19(20)14-15-22(21)28-18-23(27)26-24(2,3)4/h9-10,12-15,25H,5-8,11,16-18H2,1-4H3,(H,26,27). The summed E-state index contributed by atoms with van der Waals surface area (Å²) in [6.07, 6.45) is 6.36. The molecule has 2 aromatic rings. The van der Waals surface area contributed by atoms with Crippen molar-refractivity contribution in [3.05, 3.63) is 42.0 Å². The highest BCUT2D eigenvalue weighted by molar-refractivity contribution is 5.88. The Hall–Kier alpha value is -2.07.